The molecule has 8 heteroatoms. The van der Waals surface area contributed by atoms with Crippen LogP contribution in [0.5, 0.6) is 5.75 Å². The van der Waals surface area contributed by atoms with Gasteiger partial charge in [-0.05, 0) is 42.0 Å². The minimum Gasteiger partial charge on any atom is -0.406 e. The fraction of sp³-hybridized carbons (Fsp3) is 0.111. The lowest BCUT2D eigenvalue weighted by Gasteiger charge is -2.10. The number of hydrogen-bond donors (Lipinski definition) is 1. The highest BCUT2D eigenvalue weighted by molar-refractivity contribution is 6.04. The average molecular weight is 361 g/mol. The second-order valence-electron chi connectivity index (χ2n) is 5.46. The van der Waals surface area contributed by atoms with E-state index in [4.69, 9.17) is 0 Å². The fourth-order valence-corrected chi connectivity index (χ4v) is 2.30. The summed E-state index contributed by atoms with van der Waals surface area (Å²) in [5.41, 5.74) is 1.82. The Morgan fingerprint density at radius 3 is 2.35 bits per heavy atom. The topological polar surface area (TPSA) is 56.1 Å². The predicted octanol–water partition coefficient (Wildman–Crippen LogP) is 4.08. The van der Waals surface area contributed by atoms with Crippen LogP contribution in [-0.2, 0) is 6.54 Å². The van der Waals surface area contributed by atoms with Crippen LogP contribution >= 0.6 is 0 Å². The van der Waals surface area contributed by atoms with Gasteiger partial charge in [0, 0.05) is 30.2 Å². The predicted molar refractivity (Wildman–Crippen MR) is 88.8 cm³/mol. The minimum atomic E-state index is -4.75. The van der Waals surface area contributed by atoms with Crippen molar-refractivity contribution in [2.24, 2.45) is 0 Å². The summed E-state index contributed by atoms with van der Waals surface area (Å²) in [6.45, 7) is 0.641. The molecule has 0 bridgehead atoms. The summed E-state index contributed by atoms with van der Waals surface area (Å²) in [7, 11) is 0. The SMILES string of the molecule is O=C(Nc1ccc(OC(F)(F)F)cc1)c1ccc(Cn2ccnc2)cc1. The maximum atomic E-state index is 12.2. The van der Waals surface area contributed by atoms with Crippen LogP contribution in [0.1, 0.15) is 15.9 Å². The number of nitrogens with one attached hydrogen (secondary N) is 1. The summed E-state index contributed by atoms with van der Waals surface area (Å²) in [4.78, 5) is 16.2. The van der Waals surface area contributed by atoms with Crippen molar-refractivity contribution in [2.45, 2.75) is 12.9 Å². The van der Waals surface area contributed by atoms with Crippen molar-refractivity contribution in [1.82, 2.24) is 9.55 Å². The molecule has 1 N–H and O–H groups in total. The van der Waals surface area contributed by atoms with Crippen LogP contribution in [0.15, 0.2) is 67.3 Å². The van der Waals surface area contributed by atoms with Crippen molar-refractivity contribution >= 4 is 11.6 Å². The van der Waals surface area contributed by atoms with Crippen molar-refractivity contribution in [1.29, 1.82) is 0 Å². The van der Waals surface area contributed by atoms with Crippen molar-refractivity contribution < 1.29 is 22.7 Å². The van der Waals surface area contributed by atoms with E-state index in [9.17, 15) is 18.0 Å². The zero-order valence-corrected chi connectivity index (χ0v) is 13.4. The molecule has 0 aliphatic heterocycles. The Hall–Kier alpha value is -3.29. The molecule has 134 valence electrons. The molecule has 1 heterocycles. The van der Waals surface area contributed by atoms with Gasteiger partial charge >= 0.3 is 6.36 Å². The second kappa shape index (κ2) is 7.30. The lowest BCUT2D eigenvalue weighted by Crippen LogP contribution is -2.17. The monoisotopic (exact) mass is 361 g/mol. The fourth-order valence-electron chi connectivity index (χ4n) is 2.30. The summed E-state index contributed by atoms with van der Waals surface area (Å²) < 4.78 is 42.1. The molecule has 5 nitrogen and oxygen atoms in total. The van der Waals surface area contributed by atoms with E-state index < -0.39 is 6.36 Å². The molecule has 2 aromatic carbocycles. The summed E-state index contributed by atoms with van der Waals surface area (Å²) in [5.74, 6) is -0.706. The van der Waals surface area contributed by atoms with Crippen LogP contribution in [0.25, 0.3) is 0 Å². The van der Waals surface area contributed by atoms with E-state index in [0.29, 0.717) is 17.8 Å². The van der Waals surface area contributed by atoms with Crippen LogP contribution in [0, 0.1) is 0 Å². The molecule has 3 aromatic rings. The lowest BCUT2D eigenvalue weighted by molar-refractivity contribution is -0.274. The Bertz CT molecular complexity index is 858. The van der Waals surface area contributed by atoms with Gasteiger partial charge in [-0.1, -0.05) is 12.1 Å². The number of amides is 1. The number of hydrogen-bond acceptors (Lipinski definition) is 3. The van der Waals surface area contributed by atoms with Gasteiger partial charge in [-0.3, -0.25) is 4.79 Å². The van der Waals surface area contributed by atoms with Crippen LogP contribution in [0.3, 0.4) is 0 Å². The maximum absolute atomic E-state index is 12.2. The van der Waals surface area contributed by atoms with Gasteiger partial charge in [0.25, 0.3) is 5.91 Å². The Labute approximate surface area is 147 Å². The highest BCUT2D eigenvalue weighted by Gasteiger charge is 2.30. The summed E-state index contributed by atoms with van der Waals surface area (Å²) >= 11 is 0. The first kappa shape index (κ1) is 17.5. The lowest BCUT2D eigenvalue weighted by atomic mass is 10.1. The molecule has 1 aromatic heterocycles. The Kier molecular flexibility index (Phi) is 4.92. The van der Waals surface area contributed by atoms with Crippen LogP contribution in [0.2, 0.25) is 0 Å². The number of benzene rings is 2. The zero-order valence-electron chi connectivity index (χ0n) is 13.4. The van der Waals surface area contributed by atoms with Crippen molar-refractivity contribution in [3.63, 3.8) is 0 Å². The van der Waals surface area contributed by atoms with Gasteiger partial charge in [-0.15, -0.1) is 13.2 Å². The summed E-state index contributed by atoms with van der Waals surface area (Å²) in [6.07, 6.45) is 0.482. The van der Waals surface area contributed by atoms with Gasteiger partial charge in [-0.25, -0.2) is 4.98 Å². The molecule has 0 atom stereocenters. The van der Waals surface area contributed by atoms with E-state index in [2.05, 4.69) is 15.0 Å². The van der Waals surface area contributed by atoms with E-state index in [1.165, 1.54) is 12.1 Å². The van der Waals surface area contributed by atoms with Crippen molar-refractivity contribution in [2.75, 3.05) is 5.32 Å². The average Bonchev–Trinajstić information content (AvgIpc) is 3.09. The van der Waals surface area contributed by atoms with Gasteiger partial charge in [0.15, 0.2) is 0 Å². The number of carbonyl (C=O) groups is 1. The smallest absolute Gasteiger partial charge is 0.406 e. The van der Waals surface area contributed by atoms with E-state index in [1.807, 2.05) is 22.9 Å². The number of rotatable bonds is 5. The Morgan fingerprint density at radius 1 is 1.08 bits per heavy atom. The number of carbonyl (C=O) groups excluding carboxylic acids is 1. The van der Waals surface area contributed by atoms with E-state index in [1.54, 1.807) is 24.7 Å². The van der Waals surface area contributed by atoms with E-state index in [-0.39, 0.29) is 11.7 Å². The molecule has 26 heavy (non-hydrogen) atoms. The first-order valence-corrected chi connectivity index (χ1v) is 7.61. The zero-order chi connectivity index (χ0) is 18.6. The molecule has 0 unspecified atom stereocenters. The normalized spacial score (nSPS) is 11.2. The molecule has 0 aliphatic rings. The molecule has 0 aliphatic carbocycles. The number of halogens is 3. The largest absolute Gasteiger partial charge is 0.573 e. The molecule has 1 amide bonds. The molecule has 0 radical (unpaired) electrons. The Balaban J connectivity index is 1.60. The van der Waals surface area contributed by atoms with Crippen molar-refractivity contribution in [3.8, 4) is 5.75 Å². The highest BCUT2D eigenvalue weighted by Crippen LogP contribution is 2.24. The van der Waals surface area contributed by atoms with Gasteiger partial charge in [0.2, 0.25) is 0 Å². The summed E-state index contributed by atoms with van der Waals surface area (Å²) in [5, 5.41) is 2.62. The van der Waals surface area contributed by atoms with Crippen LogP contribution in [0.4, 0.5) is 18.9 Å². The number of ether oxygens (including phenoxy) is 1. The molecule has 0 spiro atoms. The van der Waals surface area contributed by atoms with E-state index in [0.717, 1.165) is 17.7 Å². The third-order valence-electron chi connectivity index (χ3n) is 3.49. The standard InChI is InChI=1S/C18H14F3N3O2/c19-18(20,21)26-16-7-5-15(6-8-16)23-17(25)14-3-1-13(2-4-14)11-24-10-9-22-12-24/h1-10,12H,11H2,(H,23,25). The highest BCUT2D eigenvalue weighted by atomic mass is 19.4. The van der Waals surface area contributed by atoms with Gasteiger partial charge in [0.1, 0.15) is 5.75 Å². The molecule has 3 rings (SSSR count). The number of imidazole rings is 1. The molecule has 0 fully saturated rings. The van der Waals surface area contributed by atoms with Crippen LogP contribution in [-0.4, -0.2) is 21.8 Å². The molecule has 0 saturated heterocycles. The van der Waals surface area contributed by atoms with Crippen molar-refractivity contribution in [3.05, 3.63) is 78.4 Å². The quantitative estimate of drug-likeness (QED) is 0.745. The third kappa shape index (κ3) is 4.85. The van der Waals surface area contributed by atoms with E-state index >= 15 is 0 Å². The molecular formula is C18H14F3N3O2. The first-order chi connectivity index (χ1) is 12.4. The first-order valence-electron chi connectivity index (χ1n) is 7.61. The third-order valence-corrected chi connectivity index (χ3v) is 3.49. The minimum absolute atomic E-state index is 0.348. The number of nitrogens with zero attached hydrogens (tertiary/aromatic N) is 2. The number of aromatic nitrogens is 2. The summed E-state index contributed by atoms with van der Waals surface area (Å²) in [6, 6.07) is 12.0. The van der Waals surface area contributed by atoms with Gasteiger partial charge in [0.05, 0.1) is 6.33 Å². The second-order valence-corrected chi connectivity index (χ2v) is 5.46. The number of alkyl halides is 3. The Morgan fingerprint density at radius 2 is 1.77 bits per heavy atom. The van der Waals surface area contributed by atoms with Gasteiger partial charge < -0.3 is 14.6 Å². The van der Waals surface area contributed by atoms with Crippen LogP contribution < -0.4 is 10.1 Å². The van der Waals surface area contributed by atoms with Gasteiger partial charge in [-0.2, -0.15) is 0 Å². The maximum Gasteiger partial charge on any atom is 0.573 e. The molecular weight excluding hydrogens is 347 g/mol. The number of anilines is 1. The molecule has 0 saturated carbocycles.